The van der Waals surface area contributed by atoms with Crippen molar-refractivity contribution in [3.05, 3.63) is 75.8 Å². The molecular formula is C26H25Cl2N5O3. The molecule has 0 bridgehead atoms. The van der Waals surface area contributed by atoms with Crippen molar-refractivity contribution in [2.45, 2.75) is 26.7 Å². The number of benzene rings is 3. The first kappa shape index (κ1) is 25.3. The van der Waals surface area contributed by atoms with Crippen molar-refractivity contribution in [3.8, 4) is 0 Å². The molecule has 3 aromatic rings. The van der Waals surface area contributed by atoms with Crippen LogP contribution < -0.4 is 26.2 Å². The summed E-state index contributed by atoms with van der Waals surface area (Å²) in [5.41, 5.74) is 4.17. The molecule has 4 rings (SSSR count). The summed E-state index contributed by atoms with van der Waals surface area (Å²) in [5.74, 6) is 0.000492. The van der Waals surface area contributed by atoms with Gasteiger partial charge in [-0.1, -0.05) is 23.2 Å². The van der Waals surface area contributed by atoms with Crippen molar-refractivity contribution < 1.29 is 14.4 Å². The van der Waals surface area contributed by atoms with Gasteiger partial charge in [0.05, 0.1) is 5.69 Å². The minimum atomic E-state index is -0.473. The predicted octanol–water partition coefficient (Wildman–Crippen LogP) is 7.03. The predicted molar refractivity (Wildman–Crippen MR) is 146 cm³/mol. The molecule has 36 heavy (non-hydrogen) atoms. The number of urea groups is 2. The molecule has 0 aromatic heterocycles. The SMILES string of the molecule is Cc1c(NC(=O)Nc2ccc(Cl)cc2)cc(NC(=O)Nc2ccc(Cl)cc2)c(C)c1N1CCCC1=O. The van der Waals surface area contributed by atoms with Crippen LogP contribution in [-0.2, 0) is 4.79 Å². The van der Waals surface area contributed by atoms with Gasteiger partial charge in [0.25, 0.3) is 0 Å². The van der Waals surface area contributed by atoms with Crippen LogP contribution in [0.25, 0.3) is 0 Å². The fourth-order valence-corrected chi connectivity index (χ4v) is 4.33. The number of rotatable bonds is 5. The van der Waals surface area contributed by atoms with E-state index in [0.717, 1.165) is 17.5 Å². The largest absolute Gasteiger partial charge is 0.323 e. The maximum Gasteiger partial charge on any atom is 0.323 e. The number of hydrogen-bond donors (Lipinski definition) is 4. The smallest absolute Gasteiger partial charge is 0.312 e. The summed E-state index contributed by atoms with van der Waals surface area (Å²) < 4.78 is 0. The van der Waals surface area contributed by atoms with Crippen molar-refractivity contribution >= 4 is 69.6 Å². The van der Waals surface area contributed by atoms with E-state index in [1.165, 1.54) is 0 Å². The summed E-state index contributed by atoms with van der Waals surface area (Å²) in [7, 11) is 0. The zero-order valence-electron chi connectivity index (χ0n) is 19.7. The highest BCUT2D eigenvalue weighted by Gasteiger charge is 2.27. The van der Waals surface area contributed by atoms with Gasteiger partial charge in [-0.15, -0.1) is 0 Å². The number of hydrogen-bond acceptors (Lipinski definition) is 3. The Morgan fingerprint density at radius 1 is 0.750 bits per heavy atom. The Morgan fingerprint density at radius 3 is 1.58 bits per heavy atom. The summed E-state index contributed by atoms with van der Waals surface area (Å²) >= 11 is 11.8. The number of nitrogens with zero attached hydrogens (tertiary/aromatic N) is 1. The third-order valence-electron chi connectivity index (χ3n) is 5.85. The second-order valence-electron chi connectivity index (χ2n) is 8.39. The summed E-state index contributed by atoms with van der Waals surface area (Å²) in [4.78, 5) is 39.8. The maximum absolute atomic E-state index is 12.8. The second-order valence-corrected chi connectivity index (χ2v) is 9.26. The summed E-state index contributed by atoms with van der Waals surface area (Å²) in [6.45, 7) is 4.24. The highest BCUT2D eigenvalue weighted by Crippen LogP contribution is 2.38. The molecule has 0 atom stereocenters. The van der Waals surface area contributed by atoms with E-state index in [9.17, 15) is 14.4 Å². The van der Waals surface area contributed by atoms with Crippen LogP contribution in [0.3, 0.4) is 0 Å². The van der Waals surface area contributed by atoms with E-state index in [-0.39, 0.29) is 5.91 Å². The molecular weight excluding hydrogens is 501 g/mol. The molecule has 10 heteroatoms. The van der Waals surface area contributed by atoms with Crippen LogP contribution in [0, 0.1) is 13.8 Å². The van der Waals surface area contributed by atoms with Crippen LogP contribution in [0.2, 0.25) is 10.0 Å². The first-order valence-electron chi connectivity index (χ1n) is 11.3. The lowest BCUT2D eigenvalue weighted by atomic mass is 10.0. The third-order valence-corrected chi connectivity index (χ3v) is 6.35. The zero-order valence-corrected chi connectivity index (χ0v) is 21.3. The third kappa shape index (κ3) is 5.90. The molecule has 1 saturated heterocycles. The highest BCUT2D eigenvalue weighted by molar-refractivity contribution is 6.31. The maximum atomic E-state index is 12.8. The van der Waals surface area contributed by atoms with Crippen LogP contribution in [0.1, 0.15) is 24.0 Å². The molecule has 1 fully saturated rings. The van der Waals surface area contributed by atoms with Gasteiger partial charge in [-0.2, -0.15) is 0 Å². The molecule has 1 heterocycles. The quantitative estimate of drug-likeness (QED) is 0.287. The number of halogens is 2. The average molecular weight is 526 g/mol. The van der Waals surface area contributed by atoms with Crippen molar-refractivity contribution in [3.63, 3.8) is 0 Å². The normalized spacial score (nSPS) is 12.9. The Kier molecular flexibility index (Phi) is 7.67. The van der Waals surface area contributed by atoms with Gasteiger partial charge < -0.3 is 26.2 Å². The van der Waals surface area contributed by atoms with Crippen molar-refractivity contribution in [1.82, 2.24) is 0 Å². The minimum absolute atomic E-state index is 0.000492. The van der Waals surface area contributed by atoms with E-state index in [4.69, 9.17) is 23.2 Å². The van der Waals surface area contributed by atoms with E-state index < -0.39 is 12.1 Å². The highest BCUT2D eigenvalue weighted by atomic mass is 35.5. The van der Waals surface area contributed by atoms with Crippen molar-refractivity contribution in [1.29, 1.82) is 0 Å². The number of anilines is 5. The fourth-order valence-electron chi connectivity index (χ4n) is 4.08. The molecule has 1 aliphatic heterocycles. The van der Waals surface area contributed by atoms with Gasteiger partial charge in [0.2, 0.25) is 5.91 Å². The topological polar surface area (TPSA) is 103 Å². The van der Waals surface area contributed by atoms with E-state index in [1.54, 1.807) is 59.5 Å². The molecule has 0 spiro atoms. The number of amides is 5. The lowest BCUT2D eigenvalue weighted by Gasteiger charge is -2.25. The van der Waals surface area contributed by atoms with E-state index in [2.05, 4.69) is 21.3 Å². The Balaban J connectivity index is 1.62. The molecule has 186 valence electrons. The number of nitrogens with one attached hydrogen (secondary N) is 4. The van der Waals surface area contributed by atoms with Gasteiger partial charge in [0.15, 0.2) is 0 Å². The molecule has 3 aromatic carbocycles. The van der Waals surface area contributed by atoms with E-state index >= 15 is 0 Å². The van der Waals surface area contributed by atoms with Crippen LogP contribution >= 0.6 is 23.2 Å². The van der Waals surface area contributed by atoms with E-state index in [0.29, 0.717) is 51.4 Å². The van der Waals surface area contributed by atoms with Gasteiger partial charge in [0.1, 0.15) is 0 Å². The zero-order chi connectivity index (χ0) is 25.8. The van der Waals surface area contributed by atoms with Crippen molar-refractivity contribution in [2.75, 3.05) is 32.7 Å². The molecule has 1 aliphatic rings. The lowest BCUT2D eigenvalue weighted by Crippen LogP contribution is -2.28. The molecule has 4 N–H and O–H groups in total. The van der Waals surface area contributed by atoms with Gasteiger partial charge in [-0.05, 0) is 86.0 Å². The molecule has 5 amide bonds. The first-order chi connectivity index (χ1) is 17.2. The molecule has 0 radical (unpaired) electrons. The van der Waals surface area contributed by atoms with Crippen LogP contribution in [-0.4, -0.2) is 24.5 Å². The molecule has 0 unspecified atom stereocenters. The molecule has 8 nitrogen and oxygen atoms in total. The van der Waals surface area contributed by atoms with Gasteiger partial charge in [-0.3, -0.25) is 4.79 Å². The van der Waals surface area contributed by atoms with Crippen LogP contribution in [0.5, 0.6) is 0 Å². The fraction of sp³-hybridized carbons (Fsp3) is 0.192. The second kappa shape index (κ2) is 10.9. The summed E-state index contributed by atoms with van der Waals surface area (Å²) in [6.07, 6.45) is 1.19. The monoisotopic (exact) mass is 525 g/mol. The van der Waals surface area contributed by atoms with Crippen molar-refractivity contribution in [2.24, 2.45) is 0 Å². The van der Waals surface area contributed by atoms with Gasteiger partial charge in [0, 0.05) is 45.8 Å². The van der Waals surface area contributed by atoms with Gasteiger partial charge >= 0.3 is 12.1 Å². The number of carbonyl (C=O) groups is 3. The first-order valence-corrected chi connectivity index (χ1v) is 12.1. The summed E-state index contributed by atoms with van der Waals surface area (Å²) in [5, 5.41) is 12.3. The minimum Gasteiger partial charge on any atom is -0.312 e. The van der Waals surface area contributed by atoms with Crippen LogP contribution in [0.4, 0.5) is 38.0 Å². The Hall–Kier alpha value is -3.75. The summed E-state index contributed by atoms with van der Waals surface area (Å²) in [6, 6.07) is 14.2. The van der Waals surface area contributed by atoms with Gasteiger partial charge in [-0.25, -0.2) is 9.59 Å². The average Bonchev–Trinajstić information content (AvgIpc) is 3.25. The number of carbonyl (C=O) groups excluding carboxylic acids is 3. The Labute approximate surface area is 219 Å². The van der Waals surface area contributed by atoms with Crippen LogP contribution in [0.15, 0.2) is 54.6 Å². The molecule has 0 aliphatic carbocycles. The van der Waals surface area contributed by atoms with E-state index in [1.807, 2.05) is 13.8 Å². The standard InChI is InChI=1S/C26H25Cl2N5O3/c1-15-21(31-25(35)29-19-9-5-17(27)6-10-19)14-22(16(2)24(15)33-13-3-4-23(33)34)32-26(36)30-20-11-7-18(28)8-12-20/h5-12,14H,3-4,13H2,1-2H3,(H2,29,31,35)(H2,30,32,36). The molecule has 0 saturated carbocycles. The lowest BCUT2D eigenvalue weighted by molar-refractivity contribution is -0.117. The Morgan fingerprint density at radius 2 is 1.19 bits per heavy atom. The Bertz CT molecular complexity index is 1220.